The third kappa shape index (κ3) is 4.57. The second-order valence-electron chi connectivity index (χ2n) is 10.5. The molecule has 1 aliphatic carbocycles. The van der Waals surface area contributed by atoms with Crippen LogP contribution in [0.15, 0.2) is 28.9 Å². The van der Waals surface area contributed by atoms with E-state index in [0.29, 0.717) is 51.1 Å². The summed E-state index contributed by atoms with van der Waals surface area (Å²) in [5.74, 6) is 0.877. The lowest BCUT2D eigenvalue weighted by Gasteiger charge is -2.39. The topological polar surface area (TPSA) is 106 Å². The van der Waals surface area contributed by atoms with E-state index in [0.717, 1.165) is 66.2 Å². The third-order valence-electron chi connectivity index (χ3n) is 7.99. The zero-order valence-electron chi connectivity index (χ0n) is 21.2. The van der Waals surface area contributed by atoms with Crippen LogP contribution < -0.4 is 10.2 Å². The minimum atomic E-state index is -0.496. The molecule has 3 aromatic heterocycles. The highest BCUT2D eigenvalue weighted by Gasteiger charge is 2.42. The van der Waals surface area contributed by atoms with Crippen LogP contribution in [0.3, 0.4) is 0 Å². The fourth-order valence-electron chi connectivity index (χ4n) is 6.01. The number of fused-ring (bicyclic) bond motifs is 3. The van der Waals surface area contributed by atoms with Crippen molar-refractivity contribution < 1.29 is 14.1 Å². The predicted octanol–water partition coefficient (Wildman–Crippen LogP) is 6.00. The lowest BCUT2D eigenvalue weighted by molar-refractivity contribution is 0.0594. The average Bonchev–Trinajstić information content (AvgIpc) is 3.46. The quantitative estimate of drug-likeness (QED) is 0.261. The van der Waals surface area contributed by atoms with Gasteiger partial charge in [-0.25, -0.2) is 14.8 Å². The van der Waals surface area contributed by atoms with E-state index < -0.39 is 5.97 Å². The van der Waals surface area contributed by atoms with Crippen LogP contribution in [0, 0.1) is 0 Å². The molecule has 0 radical (unpaired) electrons. The Labute approximate surface area is 238 Å². The number of hydrogen-bond acceptors (Lipinski definition) is 10. The van der Waals surface area contributed by atoms with E-state index in [4.69, 9.17) is 37.4 Å². The normalized spacial score (nSPS) is 22.5. The molecule has 2 atom stereocenters. The highest BCUT2D eigenvalue weighted by atomic mass is 35.5. The number of esters is 1. The summed E-state index contributed by atoms with van der Waals surface area (Å²) < 4.78 is 10.6. The maximum Gasteiger partial charge on any atom is 0.358 e. The maximum absolute atomic E-state index is 11.9. The number of benzene rings is 1. The molecule has 4 aromatic rings. The summed E-state index contributed by atoms with van der Waals surface area (Å²) in [6, 6.07) is 6.62. The summed E-state index contributed by atoms with van der Waals surface area (Å²) in [5.41, 5.74) is 3.29. The molecular formula is C27H26Cl2N6O3S. The molecule has 9 nitrogen and oxygen atoms in total. The Hall–Kier alpha value is -2.79. The third-order valence-corrected chi connectivity index (χ3v) is 9.58. The van der Waals surface area contributed by atoms with Gasteiger partial charge in [-0.2, -0.15) is 4.98 Å². The van der Waals surface area contributed by atoms with E-state index in [1.807, 2.05) is 18.2 Å². The van der Waals surface area contributed by atoms with Gasteiger partial charge in [-0.15, -0.1) is 0 Å². The van der Waals surface area contributed by atoms with E-state index in [9.17, 15) is 4.79 Å². The fraction of sp³-hybridized carbons (Fsp3) is 0.444. The summed E-state index contributed by atoms with van der Waals surface area (Å²) in [4.78, 5) is 28.5. The standard InChI is InChI=1S/C27H26Cl2N6O3S/c1-37-26(36)20-12-31-24-25(32-20)39-27(33-24)35-15-7-8-16(35)10-14(9-15)30-11-17-22(34-38-23(17)13-5-6-13)21-18(28)3-2-4-19(21)29/h2-4,12-16,30H,5-11H2,1H3. The van der Waals surface area contributed by atoms with Gasteiger partial charge in [-0.1, -0.05) is 45.8 Å². The maximum atomic E-state index is 11.9. The lowest BCUT2D eigenvalue weighted by Crippen LogP contribution is -2.49. The molecule has 1 N–H and O–H groups in total. The first-order valence-corrected chi connectivity index (χ1v) is 14.7. The van der Waals surface area contributed by atoms with Gasteiger partial charge in [-0.3, -0.25) is 0 Å². The number of piperidine rings is 1. The first-order chi connectivity index (χ1) is 19.0. The monoisotopic (exact) mass is 584 g/mol. The Bertz CT molecular complexity index is 1540. The second kappa shape index (κ2) is 9.99. The van der Waals surface area contributed by atoms with Crippen molar-refractivity contribution in [3.05, 3.63) is 51.5 Å². The Balaban J connectivity index is 1.09. The number of nitrogens with zero attached hydrogens (tertiary/aromatic N) is 5. The van der Waals surface area contributed by atoms with Crippen molar-refractivity contribution in [2.45, 2.75) is 69.1 Å². The van der Waals surface area contributed by atoms with Gasteiger partial charge in [0.05, 0.1) is 23.4 Å². The van der Waals surface area contributed by atoms with Crippen molar-refractivity contribution in [3.8, 4) is 11.3 Å². The minimum absolute atomic E-state index is 0.197. The molecule has 1 saturated carbocycles. The largest absolute Gasteiger partial charge is 0.464 e. The van der Waals surface area contributed by atoms with Crippen molar-refractivity contribution in [1.82, 2.24) is 25.4 Å². The van der Waals surface area contributed by atoms with Gasteiger partial charge in [0.25, 0.3) is 0 Å². The van der Waals surface area contributed by atoms with Gasteiger partial charge < -0.3 is 19.5 Å². The van der Waals surface area contributed by atoms with E-state index >= 15 is 0 Å². The van der Waals surface area contributed by atoms with Crippen LogP contribution >= 0.6 is 34.5 Å². The summed E-state index contributed by atoms with van der Waals surface area (Å²) >= 11 is 14.6. The number of nitrogens with one attached hydrogen (secondary N) is 1. The van der Waals surface area contributed by atoms with Crippen LogP contribution in [-0.2, 0) is 11.3 Å². The van der Waals surface area contributed by atoms with Crippen LogP contribution in [0.2, 0.25) is 10.0 Å². The van der Waals surface area contributed by atoms with Crippen LogP contribution in [0.5, 0.6) is 0 Å². The van der Waals surface area contributed by atoms with Gasteiger partial charge in [-0.05, 0) is 50.7 Å². The van der Waals surface area contributed by atoms with Gasteiger partial charge >= 0.3 is 5.97 Å². The van der Waals surface area contributed by atoms with Crippen molar-refractivity contribution in [3.63, 3.8) is 0 Å². The van der Waals surface area contributed by atoms with Crippen molar-refractivity contribution in [2.75, 3.05) is 12.0 Å². The highest BCUT2D eigenvalue weighted by Crippen LogP contribution is 2.46. The Kier molecular flexibility index (Phi) is 6.46. The fourth-order valence-corrected chi connectivity index (χ4v) is 7.62. The molecule has 2 bridgehead atoms. The summed E-state index contributed by atoms with van der Waals surface area (Å²) in [7, 11) is 1.34. The van der Waals surface area contributed by atoms with Gasteiger partial charge in [0.1, 0.15) is 11.5 Å². The number of carbonyl (C=O) groups excluding carboxylic acids is 1. The Morgan fingerprint density at radius 3 is 2.59 bits per heavy atom. The molecular weight excluding hydrogens is 559 g/mol. The zero-order valence-corrected chi connectivity index (χ0v) is 23.5. The zero-order chi connectivity index (χ0) is 26.7. The Morgan fingerprint density at radius 1 is 1.15 bits per heavy atom. The summed E-state index contributed by atoms with van der Waals surface area (Å²) in [6.45, 7) is 0.654. The van der Waals surface area contributed by atoms with E-state index in [1.165, 1.54) is 24.6 Å². The molecule has 202 valence electrons. The van der Waals surface area contributed by atoms with Crippen molar-refractivity contribution in [1.29, 1.82) is 0 Å². The predicted molar refractivity (Wildman–Crippen MR) is 150 cm³/mol. The number of hydrogen-bond donors (Lipinski definition) is 1. The van der Waals surface area contributed by atoms with Crippen LogP contribution in [-0.4, -0.2) is 51.3 Å². The number of rotatable bonds is 7. The van der Waals surface area contributed by atoms with Gasteiger partial charge in [0.2, 0.25) is 0 Å². The first-order valence-electron chi connectivity index (χ1n) is 13.2. The van der Waals surface area contributed by atoms with E-state index in [-0.39, 0.29) is 5.69 Å². The van der Waals surface area contributed by atoms with Crippen LogP contribution in [0.1, 0.15) is 66.3 Å². The van der Waals surface area contributed by atoms with Crippen LogP contribution in [0.25, 0.3) is 21.7 Å². The molecule has 3 fully saturated rings. The summed E-state index contributed by atoms with van der Waals surface area (Å²) in [5, 5.41) is 10.3. The Morgan fingerprint density at radius 2 is 1.90 bits per heavy atom. The number of carbonyl (C=O) groups is 1. The van der Waals surface area contributed by atoms with Crippen molar-refractivity contribution >= 4 is 56.1 Å². The highest BCUT2D eigenvalue weighted by molar-refractivity contribution is 7.21. The number of aromatic nitrogens is 4. The SMILES string of the molecule is COC(=O)c1cnc2nc(N3C4CCC3CC(NCc3c(-c5c(Cl)cccc5Cl)noc3C3CC3)C4)sc2n1. The molecule has 7 rings (SSSR count). The first kappa shape index (κ1) is 25.2. The smallest absolute Gasteiger partial charge is 0.358 e. The van der Waals surface area contributed by atoms with Gasteiger partial charge in [0.15, 0.2) is 21.3 Å². The molecule has 2 aliphatic heterocycles. The molecule has 39 heavy (non-hydrogen) atoms. The molecule has 5 heterocycles. The molecule has 0 amide bonds. The number of thiazole rings is 1. The van der Waals surface area contributed by atoms with Gasteiger partial charge in [0, 0.05) is 41.7 Å². The number of ether oxygens (including phenoxy) is 1. The molecule has 2 unspecified atom stereocenters. The molecule has 0 spiro atoms. The summed E-state index contributed by atoms with van der Waals surface area (Å²) in [6.07, 6.45) is 7.91. The molecule has 1 aromatic carbocycles. The molecule has 2 saturated heterocycles. The lowest BCUT2D eigenvalue weighted by atomic mass is 9.97. The number of methoxy groups -OCH3 is 1. The number of anilines is 1. The van der Waals surface area contributed by atoms with Crippen molar-refractivity contribution in [2.24, 2.45) is 0 Å². The van der Waals surface area contributed by atoms with E-state index in [1.54, 1.807) is 0 Å². The average molecular weight is 586 g/mol. The number of halogens is 2. The molecule has 3 aliphatic rings. The molecule has 12 heteroatoms. The minimum Gasteiger partial charge on any atom is -0.464 e. The second-order valence-corrected chi connectivity index (χ2v) is 12.2. The van der Waals surface area contributed by atoms with Crippen LogP contribution in [0.4, 0.5) is 5.13 Å². The van der Waals surface area contributed by atoms with E-state index in [2.05, 4.69) is 25.3 Å².